The van der Waals surface area contributed by atoms with E-state index in [1.165, 1.54) is 18.9 Å². The number of rotatable bonds is 6. The van der Waals surface area contributed by atoms with Gasteiger partial charge in [-0.2, -0.15) is 5.26 Å². The zero-order valence-corrected chi connectivity index (χ0v) is 18.0. The van der Waals surface area contributed by atoms with Crippen molar-refractivity contribution < 1.29 is 9.18 Å². The van der Waals surface area contributed by atoms with Crippen molar-refractivity contribution in [2.75, 3.05) is 13.1 Å². The molecule has 0 spiro atoms. The molecule has 156 valence electrons. The molecule has 1 unspecified atom stereocenters. The van der Waals surface area contributed by atoms with E-state index in [4.69, 9.17) is 11.6 Å². The van der Waals surface area contributed by atoms with Crippen LogP contribution in [0.3, 0.4) is 0 Å². The Hall–Kier alpha value is -2.38. The maximum Gasteiger partial charge on any atom is 0.222 e. The first-order valence-corrected chi connectivity index (χ1v) is 11.0. The number of halogens is 2. The van der Waals surface area contributed by atoms with Gasteiger partial charge in [0.05, 0.1) is 10.6 Å². The summed E-state index contributed by atoms with van der Waals surface area (Å²) in [5.41, 5.74) is 3.53. The van der Waals surface area contributed by atoms with Crippen molar-refractivity contribution in [2.24, 2.45) is 11.8 Å². The highest BCUT2D eigenvalue weighted by atomic mass is 35.5. The van der Waals surface area contributed by atoms with Crippen LogP contribution in [0.2, 0.25) is 5.02 Å². The number of nitriles is 1. The summed E-state index contributed by atoms with van der Waals surface area (Å²) in [6.45, 7) is 3.50. The Balaban J connectivity index is 1.60. The molecule has 5 heteroatoms. The number of likely N-dealkylation sites (tertiary alicyclic amines) is 1. The van der Waals surface area contributed by atoms with E-state index < -0.39 is 0 Å². The molecule has 1 saturated heterocycles. The molecule has 2 atom stereocenters. The molecule has 2 aromatic rings. The summed E-state index contributed by atoms with van der Waals surface area (Å²) < 4.78 is 13.9. The minimum Gasteiger partial charge on any atom is -0.342 e. The molecule has 4 rings (SSSR count). The molecular weight excluding hydrogens is 399 g/mol. The predicted octanol–water partition coefficient (Wildman–Crippen LogP) is 5.63. The lowest BCUT2D eigenvalue weighted by Gasteiger charge is -2.26. The van der Waals surface area contributed by atoms with Crippen LogP contribution >= 0.6 is 11.6 Å². The molecule has 30 heavy (non-hydrogen) atoms. The summed E-state index contributed by atoms with van der Waals surface area (Å²) in [5.74, 6) is 0.993. The number of amides is 1. The van der Waals surface area contributed by atoms with Gasteiger partial charge in [0.2, 0.25) is 5.91 Å². The first kappa shape index (κ1) is 20.9. The van der Waals surface area contributed by atoms with Gasteiger partial charge in [0, 0.05) is 19.5 Å². The van der Waals surface area contributed by atoms with E-state index in [1.807, 2.05) is 30.0 Å². The molecule has 2 fully saturated rings. The summed E-state index contributed by atoms with van der Waals surface area (Å²) in [4.78, 5) is 14.6. The summed E-state index contributed by atoms with van der Waals surface area (Å²) in [6, 6.07) is 12.6. The van der Waals surface area contributed by atoms with Crippen molar-refractivity contribution in [3.8, 4) is 6.07 Å². The van der Waals surface area contributed by atoms with Crippen LogP contribution in [0, 0.1) is 35.9 Å². The van der Waals surface area contributed by atoms with Crippen molar-refractivity contribution in [2.45, 2.75) is 44.9 Å². The lowest BCUT2D eigenvalue weighted by molar-refractivity contribution is -0.130. The third-order valence-electron chi connectivity index (χ3n) is 6.60. The minimum atomic E-state index is -0.236. The molecule has 1 aliphatic carbocycles. The Morgan fingerprint density at radius 3 is 2.77 bits per heavy atom. The lowest BCUT2D eigenvalue weighted by Crippen LogP contribution is -2.30. The van der Waals surface area contributed by atoms with E-state index >= 15 is 0 Å². The highest BCUT2D eigenvalue weighted by molar-refractivity contribution is 6.31. The zero-order valence-electron chi connectivity index (χ0n) is 17.2. The SMILES string of the molecule is Cc1ccc(F)cc1CC(c1ccc(C#N)c(Cl)c1)[C@H]1CCN(C(=O)CC2CC2)C1. The average Bonchev–Trinajstić information content (AvgIpc) is 3.40. The topological polar surface area (TPSA) is 44.1 Å². The fourth-order valence-electron chi connectivity index (χ4n) is 4.55. The molecule has 2 aromatic carbocycles. The molecule has 2 aliphatic rings. The van der Waals surface area contributed by atoms with Crippen LogP contribution < -0.4 is 0 Å². The molecular formula is C25H26ClFN2O. The Labute approximate surface area is 182 Å². The van der Waals surface area contributed by atoms with Crippen LogP contribution in [0.25, 0.3) is 0 Å². The Kier molecular flexibility index (Phi) is 6.11. The van der Waals surface area contributed by atoms with Gasteiger partial charge < -0.3 is 4.90 Å². The maximum absolute atomic E-state index is 13.9. The summed E-state index contributed by atoms with van der Waals surface area (Å²) >= 11 is 6.34. The van der Waals surface area contributed by atoms with Gasteiger partial charge in [-0.05, 0) is 91.3 Å². The highest BCUT2D eigenvalue weighted by Crippen LogP contribution is 2.38. The van der Waals surface area contributed by atoms with Crippen molar-refractivity contribution in [1.29, 1.82) is 5.26 Å². The number of carbonyl (C=O) groups is 1. The fourth-order valence-corrected chi connectivity index (χ4v) is 4.78. The number of hydrogen-bond donors (Lipinski definition) is 0. The van der Waals surface area contributed by atoms with Gasteiger partial charge in [-0.15, -0.1) is 0 Å². The van der Waals surface area contributed by atoms with E-state index in [0.29, 0.717) is 29.3 Å². The van der Waals surface area contributed by atoms with Crippen molar-refractivity contribution >= 4 is 17.5 Å². The van der Waals surface area contributed by atoms with Gasteiger partial charge in [0.15, 0.2) is 0 Å². The van der Waals surface area contributed by atoms with Crippen LogP contribution in [0.5, 0.6) is 0 Å². The summed E-state index contributed by atoms with van der Waals surface area (Å²) in [5, 5.41) is 9.65. The first-order chi connectivity index (χ1) is 14.4. The molecule has 1 aliphatic heterocycles. The second-order valence-electron chi connectivity index (χ2n) is 8.77. The van der Waals surface area contributed by atoms with Gasteiger partial charge in [0.25, 0.3) is 0 Å². The normalized spacial score (nSPS) is 19.5. The highest BCUT2D eigenvalue weighted by Gasteiger charge is 2.35. The largest absolute Gasteiger partial charge is 0.342 e. The molecule has 0 N–H and O–H groups in total. The van der Waals surface area contributed by atoms with Gasteiger partial charge in [-0.25, -0.2) is 4.39 Å². The van der Waals surface area contributed by atoms with E-state index in [-0.39, 0.29) is 23.6 Å². The standard InChI is InChI=1S/C25H26ClFN2O/c1-16-2-7-22(27)11-21(16)12-23(18-5-6-19(14-28)24(26)13-18)20-8-9-29(15-20)25(30)10-17-3-4-17/h2,5-7,11,13,17,20,23H,3-4,8-10,12,15H2,1H3/t20-,23?/m0/s1. The minimum absolute atomic E-state index is 0.106. The number of hydrogen-bond acceptors (Lipinski definition) is 2. The quantitative estimate of drug-likeness (QED) is 0.602. The summed E-state index contributed by atoms with van der Waals surface area (Å²) in [7, 11) is 0. The first-order valence-electron chi connectivity index (χ1n) is 10.7. The van der Waals surface area contributed by atoms with Crippen molar-refractivity contribution in [1.82, 2.24) is 4.90 Å². The van der Waals surface area contributed by atoms with Gasteiger partial charge in [-0.3, -0.25) is 4.79 Å². The molecule has 0 radical (unpaired) electrons. The van der Waals surface area contributed by atoms with Crippen LogP contribution in [0.15, 0.2) is 36.4 Å². The molecule has 0 bridgehead atoms. The van der Waals surface area contributed by atoms with Crippen molar-refractivity contribution in [3.05, 3.63) is 69.5 Å². The molecule has 3 nitrogen and oxygen atoms in total. The van der Waals surface area contributed by atoms with Crippen LogP contribution in [-0.4, -0.2) is 23.9 Å². The molecule has 1 amide bonds. The second-order valence-corrected chi connectivity index (χ2v) is 9.18. The zero-order chi connectivity index (χ0) is 21.3. The van der Waals surface area contributed by atoms with E-state index in [0.717, 1.165) is 36.2 Å². The monoisotopic (exact) mass is 424 g/mol. The number of carbonyl (C=O) groups excluding carboxylic acids is 1. The smallest absolute Gasteiger partial charge is 0.222 e. The lowest BCUT2D eigenvalue weighted by atomic mass is 9.80. The van der Waals surface area contributed by atoms with Crippen LogP contribution in [0.1, 0.15) is 53.9 Å². The second kappa shape index (κ2) is 8.78. The van der Waals surface area contributed by atoms with Gasteiger partial charge >= 0.3 is 0 Å². The van der Waals surface area contributed by atoms with Crippen LogP contribution in [-0.2, 0) is 11.2 Å². The number of benzene rings is 2. The molecule has 0 aromatic heterocycles. The van der Waals surface area contributed by atoms with E-state index in [2.05, 4.69) is 6.07 Å². The Bertz CT molecular complexity index is 995. The number of aryl methyl sites for hydroxylation is 1. The third-order valence-corrected chi connectivity index (χ3v) is 6.91. The van der Waals surface area contributed by atoms with E-state index in [1.54, 1.807) is 12.1 Å². The number of nitrogens with zero attached hydrogens (tertiary/aromatic N) is 2. The summed E-state index contributed by atoms with van der Waals surface area (Å²) in [6.07, 6.45) is 4.62. The van der Waals surface area contributed by atoms with Gasteiger partial charge in [0.1, 0.15) is 11.9 Å². The molecule has 1 saturated carbocycles. The third kappa shape index (κ3) is 4.68. The Morgan fingerprint density at radius 1 is 1.27 bits per heavy atom. The van der Waals surface area contributed by atoms with Crippen LogP contribution in [0.4, 0.5) is 4.39 Å². The molecule has 1 heterocycles. The van der Waals surface area contributed by atoms with Crippen molar-refractivity contribution in [3.63, 3.8) is 0 Å². The average molecular weight is 425 g/mol. The fraction of sp³-hybridized carbons (Fsp3) is 0.440. The van der Waals surface area contributed by atoms with E-state index in [9.17, 15) is 14.4 Å². The maximum atomic E-state index is 13.9. The van der Waals surface area contributed by atoms with Gasteiger partial charge in [-0.1, -0.05) is 23.7 Å². The predicted molar refractivity (Wildman–Crippen MR) is 116 cm³/mol. The Morgan fingerprint density at radius 2 is 2.07 bits per heavy atom.